The Kier molecular flexibility index (Phi) is 6.03. The summed E-state index contributed by atoms with van der Waals surface area (Å²) in [6.07, 6.45) is 2.99. The van der Waals surface area contributed by atoms with Gasteiger partial charge in [0.15, 0.2) is 0 Å². The highest BCUT2D eigenvalue weighted by Crippen LogP contribution is 2.14. The molecule has 0 spiro atoms. The van der Waals surface area contributed by atoms with Gasteiger partial charge in [0.2, 0.25) is 5.88 Å². The third-order valence-electron chi connectivity index (χ3n) is 3.10. The van der Waals surface area contributed by atoms with E-state index in [4.69, 9.17) is 9.47 Å². The highest BCUT2D eigenvalue weighted by Gasteiger charge is 1.99. The first-order valence-electron chi connectivity index (χ1n) is 7.23. The van der Waals surface area contributed by atoms with Gasteiger partial charge in [-0.05, 0) is 36.2 Å². The van der Waals surface area contributed by atoms with Crippen LogP contribution in [0.25, 0.3) is 0 Å². The number of hydrogen-bond acceptors (Lipinski definition) is 4. The summed E-state index contributed by atoms with van der Waals surface area (Å²) in [5.74, 6) is 1.49. The highest BCUT2D eigenvalue weighted by molar-refractivity contribution is 5.27. The third-order valence-corrected chi connectivity index (χ3v) is 3.10. The van der Waals surface area contributed by atoms with Gasteiger partial charge in [-0.15, -0.1) is 0 Å². The Morgan fingerprint density at radius 2 is 1.81 bits per heavy atom. The summed E-state index contributed by atoms with van der Waals surface area (Å²) in [4.78, 5) is 4.32. The molecule has 1 N–H and O–H groups in total. The van der Waals surface area contributed by atoms with Crippen LogP contribution < -0.4 is 14.8 Å². The predicted molar refractivity (Wildman–Crippen MR) is 83.6 cm³/mol. The van der Waals surface area contributed by atoms with Gasteiger partial charge < -0.3 is 14.8 Å². The van der Waals surface area contributed by atoms with E-state index in [1.54, 1.807) is 7.11 Å². The van der Waals surface area contributed by atoms with Gasteiger partial charge in [-0.1, -0.05) is 25.1 Å². The molecule has 0 radical (unpaired) electrons. The van der Waals surface area contributed by atoms with Crippen molar-refractivity contribution in [2.75, 3.05) is 13.7 Å². The molecule has 0 bridgehead atoms. The first-order valence-corrected chi connectivity index (χ1v) is 7.23. The topological polar surface area (TPSA) is 43.4 Å². The summed E-state index contributed by atoms with van der Waals surface area (Å²) >= 11 is 0. The second-order valence-corrected chi connectivity index (χ2v) is 4.82. The molecule has 1 aromatic heterocycles. The molecule has 0 saturated heterocycles. The molecule has 0 aliphatic carbocycles. The average Bonchev–Trinajstić information content (AvgIpc) is 2.55. The van der Waals surface area contributed by atoms with Crippen LogP contribution in [0.1, 0.15) is 24.5 Å². The monoisotopic (exact) mass is 286 g/mol. The highest BCUT2D eigenvalue weighted by atomic mass is 16.5. The van der Waals surface area contributed by atoms with E-state index in [-0.39, 0.29) is 0 Å². The average molecular weight is 286 g/mol. The van der Waals surface area contributed by atoms with Crippen molar-refractivity contribution >= 4 is 0 Å². The molecular weight excluding hydrogens is 264 g/mol. The van der Waals surface area contributed by atoms with Crippen LogP contribution in [-0.4, -0.2) is 18.6 Å². The molecule has 0 aliphatic rings. The molecule has 4 heteroatoms. The second kappa shape index (κ2) is 8.27. The fourth-order valence-electron chi connectivity index (χ4n) is 1.89. The summed E-state index contributed by atoms with van der Waals surface area (Å²) in [5, 5.41) is 3.35. The van der Waals surface area contributed by atoms with Crippen LogP contribution in [0.5, 0.6) is 11.6 Å². The van der Waals surface area contributed by atoms with E-state index >= 15 is 0 Å². The Balaban J connectivity index is 1.82. The van der Waals surface area contributed by atoms with Crippen molar-refractivity contribution in [3.63, 3.8) is 0 Å². The predicted octanol–water partition coefficient (Wildman–Crippen LogP) is 3.17. The Morgan fingerprint density at radius 1 is 1.05 bits per heavy atom. The standard InChI is InChI=1S/C17H22N2O2/c1-3-10-18-11-15-6-9-17(19-12-15)21-13-14-4-7-16(20-2)8-5-14/h4-9,12,18H,3,10-11,13H2,1-2H3. The number of pyridine rings is 1. The van der Waals surface area contributed by atoms with Crippen LogP contribution in [0.2, 0.25) is 0 Å². The first kappa shape index (κ1) is 15.3. The maximum Gasteiger partial charge on any atom is 0.213 e. The molecule has 0 atom stereocenters. The minimum Gasteiger partial charge on any atom is -0.497 e. The summed E-state index contributed by atoms with van der Waals surface area (Å²) < 4.78 is 10.8. The number of nitrogens with zero attached hydrogens (tertiary/aromatic N) is 1. The Bertz CT molecular complexity index is 523. The number of methoxy groups -OCH3 is 1. The lowest BCUT2D eigenvalue weighted by Crippen LogP contribution is -2.13. The van der Waals surface area contributed by atoms with Crippen LogP contribution in [0.3, 0.4) is 0 Å². The summed E-state index contributed by atoms with van der Waals surface area (Å²) in [6.45, 7) is 4.53. The zero-order valence-corrected chi connectivity index (χ0v) is 12.6. The van der Waals surface area contributed by atoms with Crippen LogP contribution in [0.15, 0.2) is 42.6 Å². The van der Waals surface area contributed by atoms with E-state index in [2.05, 4.69) is 17.2 Å². The van der Waals surface area contributed by atoms with Crippen LogP contribution in [-0.2, 0) is 13.2 Å². The number of benzene rings is 1. The molecule has 0 aliphatic heterocycles. The van der Waals surface area contributed by atoms with Gasteiger partial charge in [0, 0.05) is 18.8 Å². The maximum atomic E-state index is 5.67. The maximum absolute atomic E-state index is 5.67. The van der Waals surface area contributed by atoms with Crippen molar-refractivity contribution in [1.82, 2.24) is 10.3 Å². The summed E-state index contributed by atoms with van der Waals surface area (Å²) in [7, 11) is 1.66. The van der Waals surface area contributed by atoms with E-state index in [1.807, 2.05) is 42.6 Å². The van der Waals surface area contributed by atoms with Crippen molar-refractivity contribution in [1.29, 1.82) is 0 Å². The summed E-state index contributed by atoms with van der Waals surface area (Å²) in [5.41, 5.74) is 2.26. The van der Waals surface area contributed by atoms with E-state index in [9.17, 15) is 0 Å². The van der Waals surface area contributed by atoms with Crippen molar-refractivity contribution < 1.29 is 9.47 Å². The molecule has 2 aromatic rings. The molecular formula is C17H22N2O2. The normalized spacial score (nSPS) is 10.4. The number of rotatable bonds is 8. The van der Waals surface area contributed by atoms with Gasteiger partial charge in [0.05, 0.1) is 7.11 Å². The lowest BCUT2D eigenvalue weighted by Gasteiger charge is -2.07. The zero-order valence-electron chi connectivity index (χ0n) is 12.6. The smallest absolute Gasteiger partial charge is 0.213 e. The molecule has 0 unspecified atom stereocenters. The van der Waals surface area contributed by atoms with Crippen LogP contribution in [0, 0.1) is 0 Å². The van der Waals surface area contributed by atoms with Gasteiger partial charge in [0.25, 0.3) is 0 Å². The van der Waals surface area contributed by atoms with Crippen molar-refractivity contribution in [2.24, 2.45) is 0 Å². The minimum atomic E-state index is 0.504. The fraction of sp³-hybridized carbons (Fsp3) is 0.353. The fourth-order valence-corrected chi connectivity index (χ4v) is 1.89. The van der Waals surface area contributed by atoms with E-state index in [0.29, 0.717) is 12.5 Å². The van der Waals surface area contributed by atoms with E-state index < -0.39 is 0 Å². The second-order valence-electron chi connectivity index (χ2n) is 4.82. The van der Waals surface area contributed by atoms with Crippen molar-refractivity contribution in [3.05, 3.63) is 53.7 Å². The molecule has 0 saturated carbocycles. The van der Waals surface area contributed by atoms with Gasteiger partial charge in [-0.3, -0.25) is 0 Å². The summed E-state index contributed by atoms with van der Waals surface area (Å²) in [6, 6.07) is 11.8. The first-order chi connectivity index (χ1) is 10.3. The molecule has 112 valence electrons. The molecule has 2 rings (SSSR count). The number of nitrogens with one attached hydrogen (secondary N) is 1. The van der Waals surface area contributed by atoms with Gasteiger partial charge in [-0.2, -0.15) is 0 Å². The lowest BCUT2D eigenvalue weighted by atomic mass is 10.2. The molecule has 1 heterocycles. The van der Waals surface area contributed by atoms with Crippen LogP contribution in [0.4, 0.5) is 0 Å². The third kappa shape index (κ3) is 5.08. The van der Waals surface area contributed by atoms with Crippen LogP contribution >= 0.6 is 0 Å². The Morgan fingerprint density at radius 3 is 2.43 bits per heavy atom. The van der Waals surface area contributed by atoms with Gasteiger partial charge in [0.1, 0.15) is 12.4 Å². The molecule has 1 aromatic carbocycles. The molecule has 21 heavy (non-hydrogen) atoms. The Labute approximate surface area is 126 Å². The van der Waals surface area contributed by atoms with E-state index in [0.717, 1.165) is 30.8 Å². The molecule has 0 amide bonds. The number of hydrogen-bond donors (Lipinski definition) is 1. The quantitative estimate of drug-likeness (QED) is 0.757. The number of aromatic nitrogens is 1. The zero-order chi connectivity index (χ0) is 14.9. The van der Waals surface area contributed by atoms with Gasteiger partial charge in [-0.25, -0.2) is 4.98 Å². The lowest BCUT2D eigenvalue weighted by molar-refractivity contribution is 0.293. The van der Waals surface area contributed by atoms with Gasteiger partial charge >= 0.3 is 0 Å². The van der Waals surface area contributed by atoms with Crippen molar-refractivity contribution in [3.8, 4) is 11.6 Å². The van der Waals surface area contributed by atoms with Crippen molar-refractivity contribution in [2.45, 2.75) is 26.5 Å². The Hall–Kier alpha value is -2.07. The van der Waals surface area contributed by atoms with E-state index in [1.165, 1.54) is 5.56 Å². The SMILES string of the molecule is CCCNCc1ccc(OCc2ccc(OC)cc2)nc1. The molecule has 0 fully saturated rings. The largest absolute Gasteiger partial charge is 0.497 e. The minimum absolute atomic E-state index is 0.504. The number of ether oxygens (including phenoxy) is 2. The molecule has 4 nitrogen and oxygen atoms in total.